The number of benzene rings is 2. The highest BCUT2D eigenvalue weighted by molar-refractivity contribution is 7.61. The molecule has 0 fully saturated rings. The SMILES string of the molecule is NCCCCCCN.O=P(O)(Oc1ccccc1)c1ccccc1. The first-order valence-corrected chi connectivity index (χ1v) is 9.71. The fourth-order valence-corrected chi connectivity index (χ4v) is 3.00. The minimum absolute atomic E-state index is 0.291. The highest BCUT2D eigenvalue weighted by atomic mass is 31.2. The summed E-state index contributed by atoms with van der Waals surface area (Å²) in [5.41, 5.74) is 10.6. The van der Waals surface area contributed by atoms with E-state index in [1.165, 1.54) is 12.8 Å². The lowest BCUT2D eigenvalue weighted by molar-refractivity contribution is 0.393. The van der Waals surface area contributed by atoms with Gasteiger partial charge in [0.1, 0.15) is 5.75 Å². The quantitative estimate of drug-likeness (QED) is 0.502. The summed E-state index contributed by atoms with van der Waals surface area (Å²) in [5, 5.41) is 0.291. The van der Waals surface area contributed by atoms with Crippen LogP contribution in [0.15, 0.2) is 60.7 Å². The van der Waals surface area contributed by atoms with Crippen molar-refractivity contribution in [1.82, 2.24) is 0 Å². The van der Waals surface area contributed by atoms with E-state index in [2.05, 4.69) is 0 Å². The Morgan fingerprint density at radius 1 is 0.792 bits per heavy atom. The molecule has 5 N–H and O–H groups in total. The smallest absolute Gasteiger partial charge is 0.408 e. The second-order valence-electron chi connectivity index (χ2n) is 5.25. The largest absolute Gasteiger partial charge is 0.421 e. The number of unbranched alkanes of at least 4 members (excludes halogenated alkanes) is 3. The molecule has 1 unspecified atom stereocenters. The van der Waals surface area contributed by atoms with E-state index in [1.54, 1.807) is 54.6 Å². The molecule has 2 rings (SSSR count). The maximum atomic E-state index is 11.9. The van der Waals surface area contributed by atoms with Crippen LogP contribution in [0.2, 0.25) is 0 Å². The van der Waals surface area contributed by atoms with E-state index in [9.17, 15) is 9.46 Å². The summed E-state index contributed by atoms with van der Waals surface area (Å²) in [4.78, 5) is 9.77. The molecule has 0 aliphatic heterocycles. The van der Waals surface area contributed by atoms with Gasteiger partial charge in [0.05, 0.1) is 5.30 Å². The van der Waals surface area contributed by atoms with Crippen molar-refractivity contribution in [1.29, 1.82) is 0 Å². The highest BCUT2D eigenvalue weighted by Gasteiger charge is 2.23. The molecule has 132 valence electrons. The van der Waals surface area contributed by atoms with E-state index in [4.69, 9.17) is 16.0 Å². The van der Waals surface area contributed by atoms with Gasteiger partial charge in [-0.1, -0.05) is 49.2 Å². The molecule has 5 nitrogen and oxygen atoms in total. The molecule has 6 heteroatoms. The minimum Gasteiger partial charge on any atom is -0.421 e. The van der Waals surface area contributed by atoms with Crippen LogP contribution < -0.4 is 21.3 Å². The van der Waals surface area contributed by atoms with Gasteiger partial charge in [-0.2, -0.15) is 0 Å². The fourth-order valence-electron chi connectivity index (χ4n) is 1.94. The first kappa shape index (κ1) is 20.4. The predicted molar refractivity (Wildman–Crippen MR) is 99.5 cm³/mol. The van der Waals surface area contributed by atoms with Gasteiger partial charge in [0, 0.05) is 0 Å². The van der Waals surface area contributed by atoms with Gasteiger partial charge in [-0.3, -0.25) is 0 Å². The van der Waals surface area contributed by atoms with E-state index in [1.807, 2.05) is 6.07 Å². The molecule has 0 radical (unpaired) electrons. The van der Waals surface area contributed by atoms with Crippen molar-refractivity contribution < 1.29 is 14.0 Å². The van der Waals surface area contributed by atoms with Crippen molar-refractivity contribution in [2.45, 2.75) is 25.7 Å². The fraction of sp³-hybridized carbons (Fsp3) is 0.333. The Morgan fingerprint density at radius 3 is 1.71 bits per heavy atom. The zero-order valence-electron chi connectivity index (χ0n) is 13.9. The Balaban J connectivity index is 0.000000307. The van der Waals surface area contributed by atoms with Crippen molar-refractivity contribution in [3.8, 4) is 5.75 Å². The van der Waals surface area contributed by atoms with Crippen molar-refractivity contribution >= 4 is 12.9 Å². The third-order valence-electron chi connectivity index (χ3n) is 3.21. The zero-order valence-corrected chi connectivity index (χ0v) is 14.8. The second kappa shape index (κ2) is 11.8. The van der Waals surface area contributed by atoms with Crippen molar-refractivity contribution in [2.24, 2.45) is 11.5 Å². The van der Waals surface area contributed by atoms with Crippen molar-refractivity contribution in [3.05, 3.63) is 60.7 Å². The summed E-state index contributed by atoms with van der Waals surface area (Å²) < 4.78 is 17.0. The maximum absolute atomic E-state index is 11.9. The molecule has 0 saturated carbocycles. The Kier molecular flexibility index (Phi) is 10.0. The molecule has 0 heterocycles. The molecule has 0 spiro atoms. The molecule has 0 bridgehead atoms. The predicted octanol–water partition coefficient (Wildman–Crippen LogP) is 3.04. The molecule has 2 aromatic rings. The van der Waals surface area contributed by atoms with Crippen LogP contribution in [0.25, 0.3) is 0 Å². The monoisotopic (exact) mass is 350 g/mol. The molecule has 2 aromatic carbocycles. The first-order chi connectivity index (χ1) is 11.6. The van der Waals surface area contributed by atoms with Gasteiger partial charge in [0.15, 0.2) is 0 Å². The van der Waals surface area contributed by atoms with Gasteiger partial charge in [-0.15, -0.1) is 0 Å². The van der Waals surface area contributed by atoms with Crippen LogP contribution in [0.4, 0.5) is 0 Å². The van der Waals surface area contributed by atoms with Gasteiger partial charge in [-0.25, -0.2) is 4.57 Å². The summed E-state index contributed by atoms with van der Waals surface area (Å²) in [7, 11) is -3.77. The Labute approximate surface area is 144 Å². The van der Waals surface area contributed by atoms with Crippen LogP contribution in [0.5, 0.6) is 5.75 Å². The average Bonchev–Trinajstić information content (AvgIpc) is 2.61. The molecule has 0 aliphatic rings. The Morgan fingerprint density at radius 2 is 1.25 bits per heavy atom. The van der Waals surface area contributed by atoms with E-state index in [-0.39, 0.29) is 0 Å². The van der Waals surface area contributed by atoms with Gasteiger partial charge in [-0.05, 0) is 50.2 Å². The number of para-hydroxylation sites is 1. The molecule has 1 atom stereocenters. The molecule has 0 amide bonds. The first-order valence-electron chi connectivity index (χ1n) is 8.13. The molecular formula is C18H27N2O3P. The third-order valence-corrected chi connectivity index (χ3v) is 4.62. The number of nitrogens with two attached hydrogens (primary N) is 2. The van der Waals surface area contributed by atoms with Crippen molar-refractivity contribution in [2.75, 3.05) is 13.1 Å². The minimum atomic E-state index is -3.77. The summed E-state index contributed by atoms with van der Waals surface area (Å²) in [6.45, 7) is 1.65. The van der Waals surface area contributed by atoms with Crippen molar-refractivity contribution in [3.63, 3.8) is 0 Å². The Bertz CT molecular complexity index is 588. The van der Waals surface area contributed by atoms with E-state index >= 15 is 0 Å². The zero-order chi connectivity index (χ0) is 17.7. The topological polar surface area (TPSA) is 98.6 Å². The van der Waals surface area contributed by atoms with Gasteiger partial charge < -0.3 is 20.9 Å². The summed E-state index contributed by atoms with van der Waals surface area (Å²) in [6.07, 6.45) is 4.79. The summed E-state index contributed by atoms with van der Waals surface area (Å²) in [6, 6.07) is 16.9. The average molecular weight is 350 g/mol. The van der Waals surface area contributed by atoms with Gasteiger partial charge >= 0.3 is 7.60 Å². The molecule has 0 aromatic heterocycles. The molecular weight excluding hydrogens is 323 g/mol. The normalized spacial score (nSPS) is 12.6. The van der Waals surface area contributed by atoms with E-state index in [0.29, 0.717) is 11.1 Å². The summed E-state index contributed by atoms with van der Waals surface area (Å²) in [5.74, 6) is 0.386. The van der Waals surface area contributed by atoms with Crippen LogP contribution in [-0.4, -0.2) is 18.0 Å². The lowest BCUT2D eigenvalue weighted by Gasteiger charge is -2.12. The summed E-state index contributed by atoms with van der Waals surface area (Å²) >= 11 is 0. The van der Waals surface area contributed by atoms with E-state index < -0.39 is 7.60 Å². The van der Waals surface area contributed by atoms with Gasteiger partial charge in [0.25, 0.3) is 0 Å². The van der Waals surface area contributed by atoms with Crippen LogP contribution in [0.1, 0.15) is 25.7 Å². The molecule has 24 heavy (non-hydrogen) atoms. The number of hydrogen-bond acceptors (Lipinski definition) is 4. The van der Waals surface area contributed by atoms with E-state index in [0.717, 1.165) is 25.9 Å². The maximum Gasteiger partial charge on any atom is 0.408 e. The van der Waals surface area contributed by atoms with Crippen LogP contribution in [0.3, 0.4) is 0 Å². The van der Waals surface area contributed by atoms with Crippen LogP contribution in [-0.2, 0) is 4.57 Å². The Hall–Kier alpha value is -1.65. The lowest BCUT2D eigenvalue weighted by atomic mass is 10.2. The number of rotatable bonds is 8. The highest BCUT2D eigenvalue weighted by Crippen LogP contribution is 2.41. The standard InChI is InChI=1S/C12H11O3P.C6H16N2/c13-16(14,12-9-5-2-6-10-12)15-11-7-3-1-4-8-11;7-5-3-1-2-4-6-8/h1-10H,(H,13,14);1-8H2. The lowest BCUT2D eigenvalue weighted by Crippen LogP contribution is -2.08. The van der Waals surface area contributed by atoms with Crippen LogP contribution >= 0.6 is 7.60 Å². The number of hydrogen-bond donors (Lipinski definition) is 3. The molecule has 0 aliphatic carbocycles. The van der Waals surface area contributed by atoms with Gasteiger partial charge in [0.2, 0.25) is 0 Å². The second-order valence-corrected chi connectivity index (χ2v) is 6.99. The van der Waals surface area contributed by atoms with Crippen LogP contribution in [0, 0.1) is 0 Å². The molecule has 0 saturated heterocycles. The third kappa shape index (κ3) is 8.27.